The molecule has 0 unspecified atom stereocenters. The Morgan fingerprint density at radius 1 is 1.30 bits per heavy atom. The van der Waals surface area contributed by atoms with E-state index in [1.54, 1.807) is 12.3 Å². The molecular formula is C15H15ClN4. The Kier molecular flexibility index (Phi) is 4.44. The summed E-state index contributed by atoms with van der Waals surface area (Å²) in [6.45, 7) is 3.43. The number of benzene rings is 1. The summed E-state index contributed by atoms with van der Waals surface area (Å²) in [6.07, 6.45) is 1.60. The number of nitrogens with two attached hydrogens (primary N) is 1. The maximum absolute atomic E-state index is 9.02. The number of rotatable bonds is 4. The molecule has 0 atom stereocenters. The summed E-state index contributed by atoms with van der Waals surface area (Å²) >= 11 is 6.23. The molecule has 0 radical (unpaired) electrons. The molecule has 0 aliphatic rings. The van der Waals surface area contributed by atoms with Crippen molar-refractivity contribution in [1.82, 2.24) is 4.98 Å². The summed E-state index contributed by atoms with van der Waals surface area (Å²) in [5.41, 5.74) is 7.97. The molecule has 0 saturated heterocycles. The van der Waals surface area contributed by atoms with Gasteiger partial charge in [-0.25, -0.2) is 4.98 Å². The van der Waals surface area contributed by atoms with Crippen molar-refractivity contribution in [2.45, 2.75) is 13.5 Å². The Labute approximate surface area is 123 Å². The molecule has 1 aromatic heterocycles. The predicted molar refractivity (Wildman–Crippen MR) is 81.5 cm³/mol. The van der Waals surface area contributed by atoms with Gasteiger partial charge in [0.15, 0.2) is 0 Å². The molecule has 0 aliphatic carbocycles. The molecule has 20 heavy (non-hydrogen) atoms. The molecule has 0 amide bonds. The van der Waals surface area contributed by atoms with Crippen LogP contribution in [0.15, 0.2) is 36.5 Å². The number of nitrogens with zero attached hydrogens (tertiary/aromatic N) is 3. The van der Waals surface area contributed by atoms with Gasteiger partial charge in [0.25, 0.3) is 0 Å². The van der Waals surface area contributed by atoms with Crippen molar-refractivity contribution < 1.29 is 0 Å². The highest BCUT2D eigenvalue weighted by atomic mass is 35.5. The van der Waals surface area contributed by atoms with Gasteiger partial charge in [-0.05, 0) is 30.7 Å². The van der Waals surface area contributed by atoms with Gasteiger partial charge in [-0.3, -0.25) is 0 Å². The van der Waals surface area contributed by atoms with E-state index in [-0.39, 0.29) is 0 Å². The average Bonchev–Trinajstić information content (AvgIpc) is 2.47. The third-order valence-corrected chi connectivity index (χ3v) is 3.40. The first-order valence-corrected chi connectivity index (χ1v) is 6.67. The number of aromatic nitrogens is 1. The van der Waals surface area contributed by atoms with E-state index in [0.717, 1.165) is 17.8 Å². The van der Waals surface area contributed by atoms with Crippen LogP contribution in [0.25, 0.3) is 0 Å². The molecule has 0 saturated carbocycles. The summed E-state index contributed by atoms with van der Waals surface area (Å²) in [6, 6.07) is 11.4. The van der Waals surface area contributed by atoms with Gasteiger partial charge in [0.05, 0.1) is 5.56 Å². The zero-order valence-electron chi connectivity index (χ0n) is 11.2. The minimum atomic E-state index is 0.396. The lowest BCUT2D eigenvalue weighted by atomic mass is 10.2. The smallest absolute Gasteiger partial charge is 0.148 e. The number of halogens is 1. The van der Waals surface area contributed by atoms with Crippen molar-refractivity contribution in [2.75, 3.05) is 17.2 Å². The van der Waals surface area contributed by atoms with E-state index < -0.39 is 0 Å². The van der Waals surface area contributed by atoms with Crippen molar-refractivity contribution in [2.24, 2.45) is 0 Å². The third-order valence-electron chi connectivity index (χ3n) is 3.03. The van der Waals surface area contributed by atoms with Crippen molar-refractivity contribution in [3.8, 4) is 6.07 Å². The summed E-state index contributed by atoms with van der Waals surface area (Å²) in [7, 11) is 0. The number of nitriles is 1. The van der Waals surface area contributed by atoms with E-state index in [1.165, 1.54) is 0 Å². The molecule has 0 spiro atoms. The highest BCUT2D eigenvalue weighted by Crippen LogP contribution is 2.27. The SMILES string of the molecule is CCN(Cc1ccc(N)cc1)c1nccc(C#N)c1Cl. The first-order valence-electron chi connectivity index (χ1n) is 6.29. The second kappa shape index (κ2) is 6.27. The Bertz CT molecular complexity index is 631. The molecule has 1 aromatic carbocycles. The van der Waals surface area contributed by atoms with Gasteiger partial charge in [0.1, 0.15) is 16.9 Å². The number of nitrogen functional groups attached to an aromatic ring is 1. The van der Waals surface area contributed by atoms with Crippen LogP contribution in [0.3, 0.4) is 0 Å². The zero-order chi connectivity index (χ0) is 14.5. The fourth-order valence-corrected chi connectivity index (χ4v) is 2.19. The van der Waals surface area contributed by atoms with Crippen LogP contribution in [0.2, 0.25) is 5.02 Å². The van der Waals surface area contributed by atoms with E-state index in [4.69, 9.17) is 22.6 Å². The number of pyridine rings is 1. The Balaban J connectivity index is 2.29. The van der Waals surface area contributed by atoms with Crippen molar-refractivity contribution >= 4 is 23.1 Å². The van der Waals surface area contributed by atoms with Gasteiger partial charge < -0.3 is 10.6 Å². The molecule has 2 aromatic rings. The standard InChI is InChI=1S/C15H15ClN4/c1-2-20(10-11-3-5-13(18)6-4-11)15-14(16)12(9-17)7-8-19-15/h3-8H,2,10,18H2,1H3. The van der Waals surface area contributed by atoms with Crippen LogP contribution in [-0.4, -0.2) is 11.5 Å². The van der Waals surface area contributed by atoms with E-state index in [1.807, 2.05) is 36.1 Å². The predicted octanol–water partition coefficient (Wildman–Crippen LogP) is 3.22. The van der Waals surface area contributed by atoms with Crippen molar-refractivity contribution in [3.63, 3.8) is 0 Å². The number of anilines is 2. The van der Waals surface area contributed by atoms with Gasteiger partial charge in [-0.2, -0.15) is 5.26 Å². The van der Waals surface area contributed by atoms with Crippen LogP contribution < -0.4 is 10.6 Å². The van der Waals surface area contributed by atoms with E-state index >= 15 is 0 Å². The van der Waals surface area contributed by atoms with Crippen LogP contribution in [0, 0.1) is 11.3 Å². The average molecular weight is 287 g/mol. The second-order valence-corrected chi connectivity index (χ2v) is 4.74. The monoisotopic (exact) mass is 286 g/mol. The van der Waals surface area contributed by atoms with Gasteiger partial charge in [-0.1, -0.05) is 23.7 Å². The van der Waals surface area contributed by atoms with Crippen LogP contribution in [0.5, 0.6) is 0 Å². The van der Waals surface area contributed by atoms with Crippen LogP contribution in [0.1, 0.15) is 18.1 Å². The topological polar surface area (TPSA) is 65.9 Å². The lowest BCUT2D eigenvalue weighted by Gasteiger charge is -2.23. The first kappa shape index (κ1) is 14.2. The van der Waals surface area contributed by atoms with Crippen molar-refractivity contribution in [3.05, 3.63) is 52.7 Å². The largest absolute Gasteiger partial charge is 0.399 e. The summed E-state index contributed by atoms with van der Waals surface area (Å²) in [5, 5.41) is 9.42. The molecule has 0 aliphatic heterocycles. The highest BCUT2D eigenvalue weighted by Gasteiger charge is 2.13. The first-order chi connectivity index (χ1) is 9.65. The summed E-state index contributed by atoms with van der Waals surface area (Å²) < 4.78 is 0. The Hall–Kier alpha value is -2.25. The third kappa shape index (κ3) is 3.01. The van der Waals surface area contributed by atoms with E-state index in [9.17, 15) is 0 Å². The second-order valence-electron chi connectivity index (χ2n) is 4.36. The Morgan fingerprint density at radius 3 is 2.60 bits per heavy atom. The Morgan fingerprint density at radius 2 is 2.00 bits per heavy atom. The molecule has 4 nitrogen and oxygen atoms in total. The zero-order valence-corrected chi connectivity index (χ0v) is 11.9. The van der Waals surface area contributed by atoms with E-state index in [0.29, 0.717) is 22.9 Å². The van der Waals surface area contributed by atoms with Crippen LogP contribution >= 0.6 is 11.6 Å². The van der Waals surface area contributed by atoms with E-state index in [2.05, 4.69) is 11.1 Å². The van der Waals surface area contributed by atoms with Gasteiger partial charge in [0, 0.05) is 25.0 Å². The molecule has 0 fully saturated rings. The van der Waals surface area contributed by atoms with Gasteiger partial charge >= 0.3 is 0 Å². The molecule has 0 bridgehead atoms. The summed E-state index contributed by atoms with van der Waals surface area (Å²) in [5.74, 6) is 0.630. The fraction of sp³-hybridized carbons (Fsp3) is 0.200. The number of hydrogen-bond acceptors (Lipinski definition) is 4. The lowest BCUT2D eigenvalue weighted by Crippen LogP contribution is -2.23. The normalized spacial score (nSPS) is 10.1. The molecule has 1 heterocycles. The van der Waals surface area contributed by atoms with Gasteiger partial charge in [0.2, 0.25) is 0 Å². The minimum absolute atomic E-state index is 0.396. The fourth-order valence-electron chi connectivity index (χ4n) is 1.92. The lowest BCUT2D eigenvalue weighted by molar-refractivity contribution is 0.814. The maximum Gasteiger partial charge on any atom is 0.148 e. The molecular weight excluding hydrogens is 272 g/mol. The summed E-state index contributed by atoms with van der Waals surface area (Å²) in [4.78, 5) is 6.31. The maximum atomic E-state index is 9.02. The van der Waals surface area contributed by atoms with Crippen LogP contribution in [-0.2, 0) is 6.54 Å². The van der Waals surface area contributed by atoms with Crippen LogP contribution in [0.4, 0.5) is 11.5 Å². The molecule has 2 N–H and O–H groups in total. The number of hydrogen-bond donors (Lipinski definition) is 1. The van der Waals surface area contributed by atoms with Gasteiger partial charge in [-0.15, -0.1) is 0 Å². The molecule has 2 rings (SSSR count). The highest BCUT2D eigenvalue weighted by molar-refractivity contribution is 6.34. The molecule has 102 valence electrons. The molecule has 5 heteroatoms. The minimum Gasteiger partial charge on any atom is -0.399 e. The quantitative estimate of drug-likeness (QED) is 0.877. The van der Waals surface area contributed by atoms with Crippen molar-refractivity contribution in [1.29, 1.82) is 5.26 Å².